The van der Waals surface area contributed by atoms with Gasteiger partial charge in [0.1, 0.15) is 5.75 Å². The molecule has 2 aromatic rings. The van der Waals surface area contributed by atoms with Crippen molar-refractivity contribution in [3.8, 4) is 5.75 Å². The van der Waals surface area contributed by atoms with Crippen LogP contribution in [0.2, 0.25) is 5.22 Å². The van der Waals surface area contributed by atoms with E-state index in [2.05, 4.69) is 24.4 Å². The van der Waals surface area contributed by atoms with Gasteiger partial charge in [0.25, 0.3) is 0 Å². The first-order valence-corrected chi connectivity index (χ1v) is 7.71. The Morgan fingerprint density at radius 1 is 1.24 bits per heavy atom. The van der Waals surface area contributed by atoms with Crippen molar-refractivity contribution in [1.29, 1.82) is 0 Å². The molecule has 0 aliphatic carbocycles. The van der Waals surface area contributed by atoms with Crippen molar-refractivity contribution in [3.63, 3.8) is 0 Å². The van der Waals surface area contributed by atoms with Crippen molar-refractivity contribution in [1.82, 2.24) is 5.32 Å². The summed E-state index contributed by atoms with van der Waals surface area (Å²) in [4.78, 5) is 0. The van der Waals surface area contributed by atoms with Crippen LogP contribution < -0.4 is 10.1 Å². The standard InChI is InChI=1S/C17H22ClNO2/c1-3-11-19-16(15-10-12-21-17(15)18)9-6-13-4-7-14(20-2)8-5-13/h4-5,7-8,10,12,16,19H,3,6,9,11H2,1-2H3. The molecule has 1 aromatic carbocycles. The van der Waals surface area contributed by atoms with Crippen LogP contribution in [-0.4, -0.2) is 13.7 Å². The molecule has 0 aliphatic heterocycles. The number of rotatable bonds is 8. The van der Waals surface area contributed by atoms with E-state index in [0.29, 0.717) is 5.22 Å². The number of benzene rings is 1. The number of nitrogens with one attached hydrogen (secondary N) is 1. The molecule has 0 spiro atoms. The van der Waals surface area contributed by atoms with Crippen LogP contribution >= 0.6 is 11.6 Å². The Labute approximate surface area is 131 Å². The quantitative estimate of drug-likeness (QED) is 0.773. The second-order valence-corrected chi connectivity index (χ2v) is 5.39. The molecular weight excluding hydrogens is 286 g/mol. The van der Waals surface area contributed by atoms with Crippen LogP contribution in [0.4, 0.5) is 0 Å². The summed E-state index contributed by atoms with van der Waals surface area (Å²) in [5.41, 5.74) is 2.33. The molecule has 0 bridgehead atoms. The Hall–Kier alpha value is -1.45. The van der Waals surface area contributed by atoms with Gasteiger partial charge < -0.3 is 14.5 Å². The summed E-state index contributed by atoms with van der Waals surface area (Å²) in [5, 5.41) is 4.02. The van der Waals surface area contributed by atoms with Gasteiger partial charge in [-0.1, -0.05) is 19.1 Å². The summed E-state index contributed by atoms with van der Waals surface area (Å²) in [5.74, 6) is 0.886. The third-order valence-corrected chi connectivity index (χ3v) is 3.85. The topological polar surface area (TPSA) is 34.4 Å². The highest BCUT2D eigenvalue weighted by molar-refractivity contribution is 6.29. The fourth-order valence-electron chi connectivity index (χ4n) is 2.34. The molecule has 0 fully saturated rings. The van der Waals surface area contributed by atoms with Crippen LogP contribution in [0.5, 0.6) is 5.75 Å². The smallest absolute Gasteiger partial charge is 0.197 e. The molecule has 2 rings (SSSR count). The van der Waals surface area contributed by atoms with E-state index in [9.17, 15) is 0 Å². The average Bonchev–Trinajstić information content (AvgIpc) is 2.94. The van der Waals surface area contributed by atoms with Gasteiger partial charge in [0, 0.05) is 11.6 Å². The first-order chi connectivity index (χ1) is 10.2. The largest absolute Gasteiger partial charge is 0.497 e. The molecule has 114 valence electrons. The third kappa shape index (κ3) is 4.51. The predicted octanol–water partition coefficient (Wildman–Crippen LogP) is 4.62. The van der Waals surface area contributed by atoms with Gasteiger partial charge in [0.2, 0.25) is 0 Å². The van der Waals surface area contributed by atoms with E-state index >= 15 is 0 Å². The normalized spacial score (nSPS) is 12.3. The van der Waals surface area contributed by atoms with Gasteiger partial charge in [-0.15, -0.1) is 0 Å². The lowest BCUT2D eigenvalue weighted by Gasteiger charge is -2.17. The van der Waals surface area contributed by atoms with E-state index in [0.717, 1.165) is 37.1 Å². The van der Waals surface area contributed by atoms with Gasteiger partial charge in [0.15, 0.2) is 5.22 Å². The number of methoxy groups -OCH3 is 1. The second-order valence-electron chi connectivity index (χ2n) is 5.04. The monoisotopic (exact) mass is 307 g/mol. The lowest BCUT2D eigenvalue weighted by atomic mass is 10.0. The number of aryl methyl sites for hydroxylation is 1. The van der Waals surface area contributed by atoms with Crippen LogP contribution in [0.3, 0.4) is 0 Å². The summed E-state index contributed by atoms with van der Waals surface area (Å²) in [7, 11) is 1.68. The van der Waals surface area contributed by atoms with Gasteiger partial charge in [-0.05, 0) is 61.2 Å². The van der Waals surface area contributed by atoms with Crippen LogP contribution in [0.15, 0.2) is 41.0 Å². The van der Waals surface area contributed by atoms with Gasteiger partial charge in [-0.2, -0.15) is 0 Å². The molecule has 0 saturated heterocycles. The molecule has 4 heteroatoms. The van der Waals surface area contributed by atoms with E-state index in [1.54, 1.807) is 13.4 Å². The average molecular weight is 308 g/mol. The summed E-state index contributed by atoms with van der Waals surface area (Å²) in [6.07, 6.45) is 4.69. The molecule has 1 aromatic heterocycles. The molecule has 1 unspecified atom stereocenters. The molecular formula is C17H22ClNO2. The zero-order valence-electron chi connectivity index (χ0n) is 12.6. The Kier molecular flexibility index (Phi) is 6.15. The van der Waals surface area contributed by atoms with E-state index in [1.807, 2.05) is 18.2 Å². The lowest BCUT2D eigenvalue weighted by Crippen LogP contribution is -2.22. The maximum Gasteiger partial charge on any atom is 0.197 e. The SMILES string of the molecule is CCCNC(CCc1ccc(OC)cc1)c1ccoc1Cl. The second kappa shape index (κ2) is 8.11. The fourth-order valence-corrected chi connectivity index (χ4v) is 2.59. The third-order valence-electron chi connectivity index (χ3n) is 3.54. The van der Waals surface area contributed by atoms with Crippen molar-refractivity contribution in [2.45, 2.75) is 32.2 Å². The molecule has 0 radical (unpaired) electrons. The number of ether oxygens (including phenoxy) is 1. The van der Waals surface area contributed by atoms with E-state index < -0.39 is 0 Å². The molecule has 3 nitrogen and oxygen atoms in total. The minimum Gasteiger partial charge on any atom is -0.497 e. The molecule has 0 amide bonds. The minimum absolute atomic E-state index is 0.221. The number of hydrogen-bond donors (Lipinski definition) is 1. The lowest BCUT2D eigenvalue weighted by molar-refractivity contribution is 0.414. The molecule has 21 heavy (non-hydrogen) atoms. The minimum atomic E-state index is 0.221. The number of halogens is 1. The highest BCUT2D eigenvalue weighted by Gasteiger charge is 2.16. The maximum absolute atomic E-state index is 6.11. The van der Waals surface area contributed by atoms with E-state index in [1.165, 1.54) is 5.56 Å². The van der Waals surface area contributed by atoms with Gasteiger partial charge >= 0.3 is 0 Å². The van der Waals surface area contributed by atoms with Crippen LogP contribution in [0.25, 0.3) is 0 Å². The highest BCUT2D eigenvalue weighted by Crippen LogP contribution is 2.27. The Balaban J connectivity index is 1.99. The summed E-state index contributed by atoms with van der Waals surface area (Å²) in [6.45, 7) is 3.12. The van der Waals surface area contributed by atoms with E-state index in [-0.39, 0.29) is 6.04 Å². The molecule has 0 saturated carbocycles. The molecule has 1 atom stereocenters. The van der Waals surface area contributed by atoms with E-state index in [4.69, 9.17) is 20.8 Å². The Bertz CT molecular complexity index is 536. The summed E-state index contributed by atoms with van der Waals surface area (Å²) < 4.78 is 10.4. The maximum atomic E-state index is 6.11. The molecule has 0 aliphatic rings. The number of hydrogen-bond acceptors (Lipinski definition) is 3. The fraction of sp³-hybridized carbons (Fsp3) is 0.412. The molecule has 1 heterocycles. The predicted molar refractivity (Wildman–Crippen MR) is 86.1 cm³/mol. The van der Waals surface area contributed by atoms with Crippen molar-refractivity contribution in [2.24, 2.45) is 0 Å². The van der Waals surface area contributed by atoms with Crippen molar-refractivity contribution in [3.05, 3.63) is 52.9 Å². The zero-order chi connectivity index (χ0) is 15.1. The Morgan fingerprint density at radius 2 is 2.00 bits per heavy atom. The summed E-state index contributed by atoms with van der Waals surface area (Å²) >= 11 is 6.11. The first-order valence-electron chi connectivity index (χ1n) is 7.33. The molecule has 1 N–H and O–H groups in total. The van der Waals surface area contributed by atoms with Crippen LogP contribution in [0, 0.1) is 0 Å². The van der Waals surface area contributed by atoms with Crippen molar-refractivity contribution in [2.75, 3.05) is 13.7 Å². The van der Waals surface area contributed by atoms with Gasteiger partial charge in [-0.3, -0.25) is 0 Å². The highest BCUT2D eigenvalue weighted by atomic mass is 35.5. The van der Waals surface area contributed by atoms with Gasteiger partial charge in [0.05, 0.1) is 13.4 Å². The summed E-state index contributed by atoms with van der Waals surface area (Å²) in [6, 6.07) is 10.4. The Morgan fingerprint density at radius 3 is 2.57 bits per heavy atom. The van der Waals surface area contributed by atoms with Crippen molar-refractivity contribution >= 4 is 11.6 Å². The van der Waals surface area contributed by atoms with Gasteiger partial charge in [-0.25, -0.2) is 0 Å². The zero-order valence-corrected chi connectivity index (χ0v) is 13.3. The first kappa shape index (κ1) is 15.9. The number of furan rings is 1. The van der Waals surface area contributed by atoms with Crippen LogP contribution in [0.1, 0.15) is 36.9 Å². The van der Waals surface area contributed by atoms with Crippen LogP contribution in [-0.2, 0) is 6.42 Å². The van der Waals surface area contributed by atoms with Crippen molar-refractivity contribution < 1.29 is 9.15 Å².